The number of benzene rings is 1. The molecule has 1 aromatic carbocycles. The fraction of sp³-hybridized carbons (Fsp3) is 0.667. The SMILES string of the molecule is Cc1ccc(C(=O)N2CCCC(C(=O)N3CCN(S(=O)(=O)N4CC(C)OC(C)C4)CC3)C2)cc1. The number of nitrogens with zero attached hydrogens (tertiary/aromatic N) is 4. The molecule has 1 aromatic rings. The van der Waals surface area contributed by atoms with Crippen LogP contribution in [-0.4, -0.2) is 103 Å². The number of hydrogen-bond acceptors (Lipinski definition) is 5. The van der Waals surface area contributed by atoms with Gasteiger partial charge < -0.3 is 14.5 Å². The molecule has 0 aliphatic carbocycles. The van der Waals surface area contributed by atoms with Crippen LogP contribution in [0.15, 0.2) is 24.3 Å². The van der Waals surface area contributed by atoms with E-state index in [0.717, 1.165) is 18.4 Å². The second-order valence-electron chi connectivity index (χ2n) is 9.76. The van der Waals surface area contributed by atoms with Crippen molar-refractivity contribution in [3.63, 3.8) is 0 Å². The molecule has 10 heteroatoms. The quantitative estimate of drug-likeness (QED) is 0.633. The molecule has 4 rings (SSSR count). The third-order valence-corrected chi connectivity index (χ3v) is 8.91. The predicted molar refractivity (Wildman–Crippen MR) is 128 cm³/mol. The largest absolute Gasteiger partial charge is 0.373 e. The summed E-state index contributed by atoms with van der Waals surface area (Å²) >= 11 is 0. The summed E-state index contributed by atoms with van der Waals surface area (Å²) in [7, 11) is -3.58. The fourth-order valence-corrected chi connectivity index (χ4v) is 6.87. The summed E-state index contributed by atoms with van der Waals surface area (Å²) in [5.41, 5.74) is 1.74. The lowest BCUT2D eigenvalue weighted by Gasteiger charge is -2.41. The second kappa shape index (κ2) is 10.3. The van der Waals surface area contributed by atoms with E-state index in [0.29, 0.717) is 44.8 Å². The number of aryl methyl sites for hydroxylation is 1. The Kier molecular flexibility index (Phi) is 7.61. The highest BCUT2D eigenvalue weighted by atomic mass is 32.2. The van der Waals surface area contributed by atoms with Crippen LogP contribution in [0.5, 0.6) is 0 Å². The lowest BCUT2D eigenvalue weighted by molar-refractivity contribution is -0.138. The number of morpholine rings is 1. The molecule has 0 saturated carbocycles. The van der Waals surface area contributed by atoms with Crippen molar-refractivity contribution < 1.29 is 22.7 Å². The van der Waals surface area contributed by atoms with Crippen LogP contribution in [0.1, 0.15) is 42.6 Å². The summed E-state index contributed by atoms with van der Waals surface area (Å²) in [5.74, 6) is -0.262. The Hall–Kier alpha value is -2.01. The third-order valence-electron chi connectivity index (χ3n) is 6.95. The van der Waals surface area contributed by atoms with Gasteiger partial charge in [0.2, 0.25) is 5.91 Å². The van der Waals surface area contributed by atoms with Crippen molar-refractivity contribution in [2.75, 3.05) is 52.4 Å². The topological polar surface area (TPSA) is 90.5 Å². The lowest BCUT2D eigenvalue weighted by Crippen LogP contribution is -2.58. The van der Waals surface area contributed by atoms with Crippen LogP contribution < -0.4 is 0 Å². The maximum absolute atomic E-state index is 13.2. The van der Waals surface area contributed by atoms with Crippen molar-refractivity contribution in [3.8, 4) is 0 Å². The maximum atomic E-state index is 13.2. The molecule has 3 aliphatic heterocycles. The summed E-state index contributed by atoms with van der Waals surface area (Å²) in [6.07, 6.45) is 1.26. The zero-order chi connectivity index (χ0) is 24.5. The number of carbonyl (C=O) groups is 2. The van der Waals surface area contributed by atoms with E-state index in [1.54, 1.807) is 9.80 Å². The number of amides is 2. The minimum absolute atomic E-state index is 0.0204. The van der Waals surface area contributed by atoms with Gasteiger partial charge in [0.15, 0.2) is 0 Å². The summed E-state index contributed by atoms with van der Waals surface area (Å²) < 4.78 is 34.9. The van der Waals surface area contributed by atoms with Gasteiger partial charge in [-0.25, -0.2) is 0 Å². The van der Waals surface area contributed by atoms with Gasteiger partial charge in [-0.2, -0.15) is 17.0 Å². The molecule has 34 heavy (non-hydrogen) atoms. The van der Waals surface area contributed by atoms with Gasteiger partial charge in [-0.1, -0.05) is 17.7 Å². The Bertz CT molecular complexity index is 981. The van der Waals surface area contributed by atoms with E-state index in [9.17, 15) is 18.0 Å². The van der Waals surface area contributed by atoms with Crippen molar-refractivity contribution in [3.05, 3.63) is 35.4 Å². The number of hydrogen-bond donors (Lipinski definition) is 0. The monoisotopic (exact) mass is 492 g/mol. The first-order valence-corrected chi connectivity index (χ1v) is 13.6. The molecule has 2 amide bonds. The molecule has 0 spiro atoms. The van der Waals surface area contributed by atoms with Gasteiger partial charge in [-0.05, 0) is 45.7 Å². The Morgan fingerprint density at radius 3 is 2.09 bits per heavy atom. The number of ether oxygens (including phenoxy) is 1. The third kappa shape index (κ3) is 5.45. The number of rotatable bonds is 4. The molecule has 3 atom stereocenters. The Labute approximate surface area is 202 Å². The van der Waals surface area contributed by atoms with Crippen LogP contribution >= 0.6 is 0 Å². The Morgan fingerprint density at radius 2 is 1.47 bits per heavy atom. The first-order chi connectivity index (χ1) is 16.1. The second-order valence-corrected chi connectivity index (χ2v) is 11.7. The standard InChI is InChI=1S/C24H36N4O5S/c1-18-6-8-21(9-7-18)23(29)26-10-4-5-22(17-26)24(30)25-11-13-27(14-12-25)34(31,32)28-15-19(2)33-20(3)16-28/h6-9,19-20,22H,4-5,10-17H2,1-3H3. The molecule has 3 fully saturated rings. The summed E-state index contributed by atoms with van der Waals surface area (Å²) in [6.45, 7) is 8.81. The summed E-state index contributed by atoms with van der Waals surface area (Å²) in [5, 5.41) is 0. The van der Waals surface area contributed by atoms with E-state index in [1.807, 2.05) is 45.0 Å². The van der Waals surface area contributed by atoms with E-state index in [4.69, 9.17) is 4.74 Å². The molecule has 3 heterocycles. The van der Waals surface area contributed by atoms with Crippen molar-refractivity contribution >= 4 is 22.0 Å². The van der Waals surface area contributed by atoms with Gasteiger partial charge in [-0.15, -0.1) is 0 Å². The first-order valence-electron chi connectivity index (χ1n) is 12.2. The highest BCUT2D eigenvalue weighted by Crippen LogP contribution is 2.23. The molecule has 3 saturated heterocycles. The maximum Gasteiger partial charge on any atom is 0.282 e. The van der Waals surface area contributed by atoms with Gasteiger partial charge in [0, 0.05) is 57.9 Å². The molecule has 0 bridgehead atoms. The minimum Gasteiger partial charge on any atom is -0.373 e. The van der Waals surface area contributed by atoms with E-state index in [1.165, 1.54) is 8.61 Å². The number of piperazine rings is 1. The normalized spacial score (nSPS) is 27.6. The average molecular weight is 493 g/mol. The molecular formula is C24H36N4O5S. The van der Waals surface area contributed by atoms with Gasteiger partial charge in [0.05, 0.1) is 18.1 Å². The molecule has 188 valence electrons. The molecule has 9 nitrogen and oxygen atoms in total. The zero-order valence-corrected chi connectivity index (χ0v) is 21.2. The van der Waals surface area contributed by atoms with E-state index in [2.05, 4.69) is 0 Å². The average Bonchev–Trinajstić information content (AvgIpc) is 2.83. The van der Waals surface area contributed by atoms with Gasteiger partial charge in [-0.3, -0.25) is 9.59 Å². The van der Waals surface area contributed by atoms with E-state index in [-0.39, 0.29) is 43.0 Å². The Morgan fingerprint density at radius 1 is 0.853 bits per heavy atom. The van der Waals surface area contributed by atoms with Gasteiger partial charge in [0.1, 0.15) is 0 Å². The fourth-order valence-electron chi connectivity index (χ4n) is 5.12. The van der Waals surface area contributed by atoms with Crippen LogP contribution in [0.2, 0.25) is 0 Å². The van der Waals surface area contributed by atoms with Crippen molar-refractivity contribution in [1.29, 1.82) is 0 Å². The molecule has 0 radical (unpaired) electrons. The van der Waals surface area contributed by atoms with Crippen LogP contribution in [0.4, 0.5) is 0 Å². The smallest absolute Gasteiger partial charge is 0.282 e. The lowest BCUT2D eigenvalue weighted by atomic mass is 9.95. The number of likely N-dealkylation sites (tertiary alicyclic amines) is 1. The number of carbonyl (C=O) groups excluding carboxylic acids is 2. The van der Waals surface area contributed by atoms with Crippen molar-refractivity contribution in [2.24, 2.45) is 5.92 Å². The highest BCUT2D eigenvalue weighted by molar-refractivity contribution is 7.86. The molecule has 0 aromatic heterocycles. The van der Waals surface area contributed by atoms with Crippen LogP contribution in [0.3, 0.4) is 0 Å². The molecular weight excluding hydrogens is 456 g/mol. The predicted octanol–water partition coefficient (Wildman–Crippen LogP) is 1.35. The van der Waals surface area contributed by atoms with Gasteiger partial charge >= 0.3 is 0 Å². The Balaban J connectivity index is 1.33. The highest BCUT2D eigenvalue weighted by Gasteiger charge is 2.39. The van der Waals surface area contributed by atoms with Crippen molar-refractivity contribution in [1.82, 2.24) is 18.4 Å². The first kappa shape index (κ1) is 25.1. The molecule has 0 N–H and O–H groups in total. The van der Waals surface area contributed by atoms with Gasteiger partial charge in [0.25, 0.3) is 16.1 Å². The van der Waals surface area contributed by atoms with Crippen molar-refractivity contribution in [2.45, 2.75) is 45.8 Å². The van der Waals surface area contributed by atoms with E-state index < -0.39 is 10.2 Å². The van der Waals surface area contributed by atoms with Crippen LogP contribution in [0.25, 0.3) is 0 Å². The van der Waals surface area contributed by atoms with E-state index >= 15 is 0 Å². The molecule has 3 aliphatic rings. The summed E-state index contributed by atoms with van der Waals surface area (Å²) in [6, 6.07) is 7.51. The zero-order valence-electron chi connectivity index (χ0n) is 20.4. The summed E-state index contributed by atoms with van der Waals surface area (Å²) in [4.78, 5) is 29.7. The van der Waals surface area contributed by atoms with Crippen LogP contribution in [0, 0.1) is 12.8 Å². The molecule has 3 unspecified atom stereocenters. The van der Waals surface area contributed by atoms with Crippen LogP contribution in [-0.2, 0) is 19.7 Å². The number of piperidine rings is 1. The minimum atomic E-state index is -3.58.